The molecule has 2 rings (SSSR count). The van der Waals surface area contributed by atoms with Gasteiger partial charge in [0.15, 0.2) is 0 Å². The van der Waals surface area contributed by atoms with Crippen LogP contribution in [0.2, 0.25) is 4.47 Å². The van der Waals surface area contributed by atoms with Crippen molar-refractivity contribution >= 4 is 28.6 Å². The van der Waals surface area contributed by atoms with Crippen LogP contribution in [-0.4, -0.2) is 16.7 Å². The summed E-state index contributed by atoms with van der Waals surface area (Å²) in [5, 5.41) is 8.57. The third-order valence-corrected chi connectivity index (χ3v) is 3.35. The van der Waals surface area contributed by atoms with Crippen LogP contribution < -0.4 is 4.90 Å². The van der Waals surface area contributed by atoms with Crippen LogP contribution in [-0.2, 0) is 6.54 Å². The van der Waals surface area contributed by atoms with Gasteiger partial charge in [0.05, 0.1) is 6.54 Å². The third-order valence-electron chi connectivity index (χ3n) is 2.34. The molecule has 1 aromatic heterocycles. The third kappa shape index (κ3) is 3.14. The molecule has 3 nitrogen and oxygen atoms in total. The highest BCUT2D eigenvalue weighted by Gasteiger charge is 2.09. The van der Waals surface area contributed by atoms with Crippen LogP contribution in [0.15, 0.2) is 24.3 Å². The van der Waals surface area contributed by atoms with Gasteiger partial charge in [-0.1, -0.05) is 11.3 Å². The van der Waals surface area contributed by atoms with E-state index in [2.05, 4.69) is 15.1 Å². The van der Waals surface area contributed by atoms with E-state index >= 15 is 0 Å². The summed E-state index contributed by atoms with van der Waals surface area (Å²) in [6, 6.07) is 6.40. The number of rotatable bonds is 4. The number of hydrogen-bond acceptors (Lipinski definition) is 4. The van der Waals surface area contributed by atoms with Gasteiger partial charge in [-0.15, -0.1) is 10.2 Å². The predicted octanol–water partition coefficient (Wildman–Crippen LogP) is 3.36. The van der Waals surface area contributed by atoms with Crippen molar-refractivity contribution in [1.82, 2.24) is 10.2 Å². The van der Waals surface area contributed by atoms with E-state index in [9.17, 15) is 4.39 Å². The molecular formula is C11H11ClFN3S. The van der Waals surface area contributed by atoms with Crippen molar-refractivity contribution in [2.45, 2.75) is 13.5 Å². The molecule has 0 aliphatic rings. The Morgan fingerprint density at radius 3 is 2.53 bits per heavy atom. The summed E-state index contributed by atoms with van der Waals surface area (Å²) >= 11 is 7.09. The van der Waals surface area contributed by atoms with Gasteiger partial charge in [-0.3, -0.25) is 0 Å². The lowest BCUT2D eigenvalue weighted by Crippen LogP contribution is -2.21. The van der Waals surface area contributed by atoms with Gasteiger partial charge < -0.3 is 4.90 Å². The Kier molecular flexibility index (Phi) is 3.91. The molecule has 0 atom stereocenters. The monoisotopic (exact) mass is 271 g/mol. The summed E-state index contributed by atoms with van der Waals surface area (Å²) in [4.78, 5) is 2.08. The van der Waals surface area contributed by atoms with E-state index in [1.165, 1.54) is 23.5 Å². The minimum absolute atomic E-state index is 0.233. The van der Waals surface area contributed by atoms with E-state index in [1.807, 2.05) is 6.92 Å². The van der Waals surface area contributed by atoms with Crippen molar-refractivity contribution in [3.8, 4) is 0 Å². The fourth-order valence-electron chi connectivity index (χ4n) is 1.50. The van der Waals surface area contributed by atoms with Crippen LogP contribution >= 0.6 is 22.9 Å². The summed E-state index contributed by atoms with van der Waals surface area (Å²) in [6.45, 7) is 3.47. The number of anilines is 1. The first kappa shape index (κ1) is 12.3. The van der Waals surface area contributed by atoms with Crippen LogP contribution in [0.4, 0.5) is 10.1 Å². The van der Waals surface area contributed by atoms with Crippen molar-refractivity contribution in [2.24, 2.45) is 0 Å². The zero-order valence-electron chi connectivity index (χ0n) is 9.23. The molecule has 0 spiro atoms. The van der Waals surface area contributed by atoms with Gasteiger partial charge in [-0.05, 0) is 42.8 Å². The molecule has 2 aromatic rings. The summed E-state index contributed by atoms with van der Waals surface area (Å²) < 4.78 is 13.3. The highest BCUT2D eigenvalue weighted by molar-refractivity contribution is 7.15. The predicted molar refractivity (Wildman–Crippen MR) is 68.0 cm³/mol. The fourth-order valence-corrected chi connectivity index (χ4v) is 2.38. The molecule has 0 amide bonds. The van der Waals surface area contributed by atoms with Crippen molar-refractivity contribution < 1.29 is 4.39 Å². The first-order valence-corrected chi connectivity index (χ1v) is 6.37. The average molecular weight is 272 g/mol. The van der Waals surface area contributed by atoms with Crippen LogP contribution in [0.25, 0.3) is 0 Å². The second kappa shape index (κ2) is 5.42. The Morgan fingerprint density at radius 1 is 1.29 bits per heavy atom. The van der Waals surface area contributed by atoms with E-state index in [1.54, 1.807) is 12.1 Å². The molecule has 0 N–H and O–H groups in total. The van der Waals surface area contributed by atoms with Gasteiger partial charge in [0.25, 0.3) is 0 Å². The lowest BCUT2D eigenvalue weighted by Gasteiger charge is -2.21. The summed E-state index contributed by atoms with van der Waals surface area (Å²) in [5.74, 6) is -0.233. The molecule has 0 radical (unpaired) electrons. The fraction of sp³-hybridized carbons (Fsp3) is 0.273. The van der Waals surface area contributed by atoms with Gasteiger partial charge in [-0.25, -0.2) is 4.39 Å². The maximum Gasteiger partial charge on any atom is 0.207 e. The molecular weight excluding hydrogens is 261 g/mol. The van der Waals surface area contributed by atoms with Crippen LogP contribution in [0, 0.1) is 5.82 Å². The lowest BCUT2D eigenvalue weighted by molar-refractivity contribution is 0.627. The molecule has 1 heterocycles. The Bertz CT molecular complexity index is 486. The van der Waals surface area contributed by atoms with Gasteiger partial charge in [0.2, 0.25) is 4.47 Å². The molecule has 17 heavy (non-hydrogen) atoms. The van der Waals surface area contributed by atoms with Gasteiger partial charge in [0, 0.05) is 12.2 Å². The quantitative estimate of drug-likeness (QED) is 0.854. The first-order chi connectivity index (χ1) is 8.19. The number of nitrogens with zero attached hydrogens (tertiary/aromatic N) is 3. The van der Waals surface area contributed by atoms with Crippen LogP contribution in [0.5, 0.6) is 0 Å². The van der Waals surface area contributed by atoms with Gasteiger partial charge in [-0.2, -0.15) is 0 Å². The molecule has 0 bridgehead atoms. The van der Waals surface area contributed by atoms with Crippen molar-refractivity contribution in [2.75, 3.05) is 11.4 Å². The first-order valence-electron chi connectivity index (χ1n) is 5.17. The van der Waals surface area contributed by atoms with E-state index in [4.69, 9.17) is 11.6 Å². The SMILES string of the molecule is CCN(Cc1nnc(Cl)s1)c1ccc(F)cc1. The minimum atomic E-state index is -0.233. The topological polar surface area (TPSA) is 29.0 Å². The van der Waals surface area contributed by atoms with Gasteiger partial charge >= 0.3 is 0 Å². The molecule has 1 aromatic carbocycles. The Labute approximate surface area is 108 Å². The molecule has 90 valence electrons. The number of halogens is 2. The van der Waals surface area contributed by atoms with E-state index in [-0.39, 0.29) is 5.82 Å². The van der Waals surface area contributed by atoms with Crippen molar-refractivity contribution in [1.29, 1.82) is 0 Å². The lowest BCUT2D eigenvalue weighted by atomic mass is 10.3. The maximum absolute atomic E-state index is 12.8. The Hall–Kier alpha value is -1.20. The van der Waals surface area contributed by atoms with Gasteiger partial charge in [0.1, 0.15) is 10.8 Å². The zero-order chi connectivity index (χ0) is 12.3. The molecule has 0 saturated heterocycles. The zero-order valence-corrected chi connectivity index (χ0v) is 10.8. The van der Waals surface area contributed by atoms with Crippen LogP contribution in [0.3, 0.4) is 0 Å². The minimum Gasteiger partial charge on any atom is -0.365 e. The molecule has 0 aliphatic carbocycles. The number of aromatic nitrogens is 2. The smallest absolute Gasteiger partial charge is 0.207 e. The summed E-state index contributed by atoms with van der Waals surface area (Å²) in [5.41, 5.74) is 0.959. The highest BCUT2D eigenvalue weighted by atomic mass is 35.5. The Morgan fingerprint density at radius 2 is 2.00 bits per heavy atom. The summed E-state index contributed by atoms with van der Waals surface area (Å²) in [7, 11) is 0. The molecule has 0 aliphatic heterocycles. The van der Waals surface area contributed by atoms with Crippen molar-refractivity contribution in [3.05, 3.63) is 39.6 Å². The highest BCUT2D eigenvalue weighted by Crippen LogP contribution is 2.21. The molecule has 0 unspecified atom stereocenters. The number of benzene rings is 1. The number of hydrogen-bond donors (Lipinski definition) is 0. The second-order valence-corrected chi connectivity index (χ2v) is 5.08. The second-order valence-electron chi connectivity index (χ2n) is 3.44. The molecule has 0 fully saturated rings. The average Bonchev–Trinajstić information content (AvgIpc) is 2.73. The van der Waals surface area contributed by atoms with E-state index in [0.717, 1.165) is 17.2 Å². The maximum atomic E-state index is 12.8. The van der Waals surface area contributed by atoms with Crippen molar-refractivity contribution in [3.63, 3.8) is 0 Å². The standard InChI is InChI=1S/C11H11ClFN3S/c1-2-16(7-10-14-15-11(12)17-10)9-5-3-8(13)4-6-9/h3-6H,2,7H2,1H3. The summed E-state index contributed by atoms with van der Waals surface area (Å²) in [6.07, 6.45) is 0. The molecule has 0 saturated carbocycles. The molecule has 6 heteroatoms. The Balaban J connectivity index is 2.13. The normalized spacial score (nSPS) is 10.5. The largest absolute Gasteiger partial charge is 0.365 e. The van der Waals surface area contributed by atoms with E-state index in [0.29, 0.717) is 11.0 Å². The van der Waals surface area contributed by atoms with Crippen LogP contribution in [0.1, 0.15) is 11.9 Å². The van der Waals surface area contributed by atoms with E-state index < -0.39 is 0 Å².